The highest BCUT2D eigenvalue weighted by Crippen LogP contribution is 2.70. The molecule has 0 amide bonds. The van der Waals surface area contributed by atoms with Crippen molar-refractivity contribution in [2.45, 2.75) is 43.3 Å². The third-order valence-corrected chi connectivity index (χ3v) is 5.91. The van der Waals surface area contributed by atoms with Gasteiger partial charge in [-0.15, -0.1) is 34.8 Å². The molecular formula is C10H15Cl3. The Labute approximate surface area is 94.9 Å². The van der Waals surface area contributed by atoms with E-state index in [2.05, 4.69) is 13.8 Å². The second-order valence-corrected chi connectivity index (χ2v) is 6.62. The Kier molecular flexibility index (Phi) is 2.34. The van der Waals surface area contributed by atoms with Crippen molar-refractivity contribution in [3.05, 3.63) is 0 Å². The van der Waals surface area contributed by atoms with E-state index in [1.807, 2.05) is 0 Å². The molecule has 2 saturated carbocycles. The molecule has 0 spiro atoms. The van der Waals surface area contributed by atoms with Gasteiger partial charge < -0.3 is 0 Å². The van der Waals surface area contributed by atoms with Gasteiger partial charge in [0.15, 0.2) is 0 Å². The maximum atomic E-state index is 6.38. The molecule has 2 bridgehead atoms. The molecule has 76 valence electrons. The zero-order valence-corrected chi connectivity index (χ0v) is 10.3. The van der Waals surface area contributed by atoms with E-state index in [9.17, 15) is 0 Å². The standard InChI is InChI=1S/C10H15Cl3/c1-9(2)6-3-4-10(9,8(12)13)7(11)5-6/h6-8H,3-5H2,1-2H3/t6?,7-,10?/m0/s1. The quantitative estimate of drug-likeness (QED) is 0.603. The molecule has 2 aliphatic rings. The molecule has 0 heterocycles. The van der Waals surface area contributed by atoms with Gasteiger partial charge in [-0.25, -0.2) is 0 Å². The third kappa shape index (κ3) is 1.06. The largest absolute Gasteiger partial charge is 0.122 e. The monoisotopic (exact) mass is 240 g/mol. The summed E-state index contributed by atoms with van der Waals surface area (Å²) in [5, 5.41) is 0.168. The lowest BCUT2D eigenvalue weighted by Gasteiger charge is -2.41. The molecule has 2 rings (SSSR count). The molecule has 2 fully saturated rings. The number of hydrogen-bond donors (Lipinski definition) is 0. The molecule has 0 radical (unpaired) electrons. The van der Waals surface area contributed by atoms with Crippen LogP contribution < -0.4 is 0 Å². The Morgan fingerprint density at radius 1 is 1.31 bits per heavy atom. The summed E-state index contributed by atoms with van der Waals surface area (Å²) in [6.45, 7) is 4.54. The van der Waals surface area contributed by atoms with Crippen molar-refractivity contribution in [3.8, 4) is 0 Å². The summed E-state index contributed by atoms with van der Waals surface area (Å²) in [5.41, 5.74) is 0.177. The van der Waals surface area contributed by atoms with Crippen LogP contribution in [0.1, 0.15) is 33.1 Å². The average molecular weight is 242 g/mol. The average Bonchev–Trinajstić information content (AvgIpc) is 2.35. The predicted octanol–water partition coefficient (Wildman–Crippen LogP) is 4.22. The Hall–Kier alpha value is 0.870. The van der Waals surface area contributed by atoms with Crippen molar-refractivity contribution in [1.29, 1.82) is 0 Å². The summed E-state index contributed by atoms with van der Waals surface area (Å²) >= 11 is 18.6. The summed E-state index contributed by atoms with van der Waals surface area (Å²) in [6, 6.07) is 0. The number of halogens is 3. The molecule has 0 nitrogen and oxygen atoms in total. The van der Waals surface area contributed by atoms with Gasteiger partial charge in [0, 0.05) is 10.8 Å². The van der Waals surface area contributed by atoms with Crippen LogP contribution in [0.25, 0.3) is 0 Å². The molecular weight excluding hydrogens is 226 g/mol. The number of alkyl halides is 3. The van der Waals surface area contributed by atoms with Gasteiger partial charge in [-0.3, -0.25) is 0 Å². The molecule has 2 unspecified atom stereocenters. The van der Waals surface area contributed by atoms with Gasteiger partial charge in [0.2, 0.25) is 0 Å². The molecule has 2 aliphatic carbocycles. The Morgan fingerprint density at radius 3 is 2.15 bits per heavy atom. The minimum absolute atomic E-state index is 0.0394. The molecule has 0 aromatic rings. The van der Waals surface area contributed by atoms with E-state index in [1.165, 1.54) is 6.42 Å². The van der Waals surface area contributed by atoms with Crippen LogP contribution in [-0.2, 0) is 0 Å². The van der Waals surface area contributed by atoms with Crippen molar-refractivity contribution in [1.82, 2.24) is 0 Å². The second-order valence-electron chi connectivity index (χ2n) is 5.00. The zero-order valence-electron chi connectivity index (χ0n) is 7.99. The minimum Gasteiger partial charge on any atom is -0.122 e. The minimum atomic E-state index is -0.322. The molecule has 0 saturated heterocycles. The van der Waals surface area contributed by atoms with Crippen LogP contribution in [0.3, 0.4) is 0 Å². The van der Waals surface area contributed by atoms with Gasteiger partial charge in [0.25, 0.3) is 0 Å². The number of fused-ring (bicyclic) bond motifs is 2. The van der Waals surface area contributed by atoms with Gasteiger partial charge in [0.1, 0.15) is 4.84 Å². The highest BCUT2D eigenvalue weighted by atomic mass is 35.5. The molecule has 3 atom stereocenters. The summed E-state index contributed by atoms with van der Waals surface area (Å²) < 4.78 is 0. The molecule has 0 aromatic carbocycles. The Bertz CT molecular complexity index is 224. The van der Waals surface area contributed by atoms with Gasteiger partial charge in [-0.2, -0.15) is 0 Å². The van der Waals surface area contributed by atoms with Crippen LogP contribution in [-0.4, -0.2) is 10.2 Å². The molecule has 13 heavy (non-hydrogen) atoms. The lowest BCUT2D eigenvalue weighted by Crippen LogP contribution is -2.41. The van der Waals surface area contributed by atoms with E-state index >= 15 is 0 Å². The summed E-state index contributed by atoms with van der Waals surface area (Å²) in [5.74, 6) is 0.718. The summed E-state index contributed by atoms with van der Waals surface area (Å²) in [7, 11) is 0. The highest BCUT2D eigenvalue weighted by Gasteiger charge is 2.66. The summed E-state index contributed by atoms with van der Waals surface area (Å²) in [4.78, 5) is -0.322. The van der Waals surface area contributed by atoms with Crippen LogP contribution in [0.15, 0.2) is 0 Å². The van der Waals surface area contributed by atoms with Crippen molar-refractivity contribution in [2.75, 3.05) is 0 Å². The van der Waals surface area contributed by atoms with E-state index in [0.29, 0.717) is 0 Å². The van der Waals surface area contributed by atoms with Gasteiger partial charge in [0.05, 0.1) is 0 Å². The Morgan fingerprint density at radius 2 is 1.92 bits per heavy atom. The topological polar surface area (TPSA) is 0 Å². The van der Waals surface area contributed by atoms with Crippen molar-refractivity contribution >= 4 is 34.8 Å². The fourth-order valence-electron chi connectivity index (χ4n) is 3.44. The molecule has 3 heteroatoms. The van der Waals surface area contributed by atoms with E-state index in [1.54, 1.807) is 0 Å². The first-order chi connectivity index (χ1) is 5.93. The highest BCUT2D eigenvalue weighted by molar-refractivity contribution is 6.45. The molecule has 0 N–H and O–H groups in total. The van der Waals surface area contributed by atoms with Crippen LogP contribution in [0, 0.1) is 16.7 Å². The first-order valence-corrected chi connectivity index (χ1v) is 6.16. The summed E-state index contributed by atoms with van der Waals surface area (Å²) in [6.07, 6.45) is 3.42. The maximum absolute atomic E-state index is 6.38. The van der Waals surface area contributed by atoms with Gasteiger partial charge in [-0.05, 0) is 30.6 Å². The van der Waals surface area contributed by atoms with E-state index in [0.717, 1.165) is 18.8 Å². The van der Waals surface area contributed by atoms with Crippen LogP contribution in [0.4, 0.5) is 0 Å². The number of hydrogen-bond acceptors (Lipinski definition) is 0. The molecule has 0 aliphatic heterocycles. The van der Waals surface area contributed by atoms with E-state index < -0.39 is 0 Å². The van der Waals surface area contributed by atoms with Crippen LogP contribution in [0.5, 0.6) is 0 Å². The maximum Gasteiger partial charge on any atom is 0.115 e. The lowest BCUT2D eigenvalue weighted by molar-refractivity contribution is 0.148. The molecule has 0 aromatic heterocycles. The van der Waals surface area contributed by atoms with Gasteiger partial charge >= 0.3 is 0 Å². The SMILES string of the molecule is CC1(C)C2CCC1(C(Cl)Cl)[C@@H](Cl)C2. The van der Waals surface area contributed by atoms with Gasteiger partial charge in [-0.1, -0.05) is 13.8 Å². The van der Waals surface area contributed by atoms with Crippen LogP contribution in [0.2, 0.25) is 0 Å². The lowest BCUT2D eigenvalue weighted by atomic mass is 9.70. The Balaban J connectivity index is 2.43. The van der Waals surface area contributed by atoms with Crippen molar-refractivity contribution in [2.24, 2.45) is 16.7 Å². The third-order valence-electron chi connectivity index (χ3n) is 4.57. The first-order valence-electron chi connectivity index (χ1n) is 4.85. The van der Waals surface area contributed by atoms with Crippen LogP contribution >= 0.6 is 34.8 Å². The van der Waals surface area contributed by atoms with E-state index in [4.69, 9.17) is 34.8 Å². The second kappa shape index (κ2) is 2.93. The zero-order chi connectivity index (χ0) is 9.85. The van der Waals surface area contributed by atoms with Crippen molar-refractivity contribution < 1.29 is 0 Å². The van der Waals surface area contributed by atoms with Crippen molar-refractivity contribution in [3.63, 3.8) is 0 Å². The number of rotatable bonds is 1. The first kappa shape index (κ1) is 10.4. The smallest absolute Gasteiger partial charge is 0.115 e. The fraction of sp³-hybridized carbons (Fsp3) is 1.00. The van der Waals surface area contributed by atoms with E-state index in [-0.39, 0.29) is 21.0 Å². The normalized spacial score (nSPS) is 47.5. The fourth-order valence-corrected chi connectivity index (χ4v) is 5.38. The predicted molar refractivity (Wildman–Crippen MR) is 58.7 cm³/mol.